The summed E-state index contributed by atoms with van der Waals surface area (Å²) in [4.78, 5) is 16.2. The highest BCUT2D eigenvalue weighted by atomic mass is 79.9. The molecule has 106 valence electrons. The molecule has 3 aromatic rings. The van der Waals surface area contributed by atoms with Gasteiger partial charge in [0, 0.05) is 22.9 Å². The number of rotatable bonds is 3. The van der Waals surface area contributed by atoms with Crippen LogP contribution in [-0.2, 0) is 0 Å². The van der Waals surface area contributed by atoms with E-state index in [-0.39, 0.29) is 11.2 Å². The molecule has 0 aromatic carbocycles. The van der Waals surface area contributed by atoms with Crippen molar-refractivity contribution in [3.63, 3.8) is 0 Å². The van der Waals surface area contributed by atoms with Crippen LogP contribution >= 0.6 is 27.5 Å². The third-order valence-corrected chi connectivity index (χ3v) is 3.29. The van der Waals surface area contributed by atoms with E-state index in [4.69, 9.17) is 20.8 Å². The fraction of sp³-hybridized carbons (Fsp3) is 0.0769. The lowest BCUT2D eigenvalue weighted by Crippen LogP contribution is -1.96. The first-order valence-electron chi connectivity index (χ1n) is 5.86. The van der Waals surface area contributed by atoms with Crippen LogP contribution in [0.15, 0.2) is 39.8 Å². The summed E-state index contributed by atoms with van der Waals surface area (Å²) in [7, 11) is 0. The van der Waals surface area contributed by atoms with E-state index in [1.165, 1.54) is 12.6 Å². The van der Waals surface area contributed by atoms with Gasteiger partial charge in [0.15, 0.2) is 12.2 Å². The van der Waals surface area contributed by atoms with Crippen LogP contribution in [-0.4, -0.2) is 19.9 Å². The monoisotopic (exact) mass is 366 g/mol. The van der Waals surface area contributed by atoms with E-state index in [1.54, 1.807) is 18.3 Å². The minimum absolute atomic E-state index is 0.0703. The number of halogens is 2. The van der Waals surface area contributed by atoms with Crippen LogP contribution in [0, 0.1) is 6.92 Å². The van der Waals surface area contributed by atoms with Crippen LogP contribution in [0.5, 0.6) is 11.8 Å². The molecule has 0 atom stereocenters. The predicted octanol–water partition coefficient (Wildman–Crippen LogP) is 4.04. The van der Waals surface area contributed by atoms with Gasteiger partial charge in [-0.05, 0) is 24.6 Å². The molecular weight excluding hydrogens is 360 g/mol. The molecule has 0 aliphatic rings. The van der Waals surface area contributed by atoms with Crippen LogP contribution in [0.25, 0.3) is 11.3 Å². The van der Waals surface area contributed by atoms with Gasteiger partial charge in [0.05, 0.1) is 5.69 Å². The standard InChI is InChI=1S/C13H8BrClN4O2/c1-7-11(20-6-18-7)9-5-17-13(15)19-12(9)21-10-4-8(14)2-3-16-10/h2-6H,1H3. The van der Waals surface area contributed by atoms with E-state index < -0.39 is 0 Å². The van der Waals surface area contributed by atoms with E-state index in [2.05, 4.69) is 35.9 Å². The Labute approximate surface area is 133 Å². The summed E-state index contributed by atoms with van der Waals surface area (Å²) in [6.45, 7) is 1.81. The SMILES string of the molecule is Cc1ncoc1-c1cnc(Cl)nc1Oc1cc(Br)ccn1. The van der Waals surface area contributed by atoms with Crippen molar-refractivity contribution in [1.29, 1.82) is 0 Å². The number of hydrogen-bond donors (Lipinski definition) is 0. The molecule has 0 aliphatic heterocycles. The molecule has 0 spiro atoms. The van der Waals surface area contributed by atoms with Gasteiger partial charge in [-0.15, -0.1) is 0 Å². The Balaban J connectivity index is 2.05. The summed E-state index contributed by atoms with van der Waals surface area (Å²) in [5.41, 5.74) is 1.25. The molecule has 6 nitrogen and oxygen atoms in total. The zero-order valence-corrected chi connectivity index (χ0v) is 13.1. The van der Waals surface area contributed by atoms with Crippen LogP contribution in [0.3, 0.4) is 0 Å². The molecule has 21 heavy (non-hydrogen) atoms. The second-order valence-electron chi connectivity index (χ2n) is 4.04. The molecule has 8 heteroatoms. The first kappa shape index (κ1) is 14.0. The van der Waals surface area contributed by atoms with Crippen LogP contribution < -0.4 is 4.74 Å². The first-order valence-corrected chi connectivity index (χ1v) is 7.03. The number of aryl methyl sites for hydroxylation is 1. The molecule has 0 fully saturated rings. The van der Waals surface area contributed by atoms with Crippen molar-refractivity contribution >= 4 is 27.5 Å². The molecule has 0 N–H and O–H groups in total. The molecule has 0 bridgehead atoms. The normalized spacial score (nSPS) is 10.6. The molecule has 0 saturated heterocycles. The van der Waals surface area contributed by atoms with Crippen LogP contribution in [0.2, 0.25) is 5.28 Å². The maximum Gasteiger partial charge on any atom is 0.236 e. The summed E-state index contributed by atoms with van der Waals surface area (Å²) < 4.78 is 11.9. The van der Waals surface area contributed by atoms with Gasteiger partial charge < -0.3 is 9.15 Å². The second kappa shape index (κ2) is 5.79. The zero-order chi connectivity index (χ0) is 14.8. The Bertz CT molecular complexity index is 793. The van der Waals surface area contributed by atoms with Crippen molar-refractivity contribution in [2.45, 2.75) is 6.92 Å². The molecule has 0 saturated carbocycles. The third kappa shape index (κ3) is 3.03. The summed E-state index contributed by atoms with van der Waals surface area (Å²) >= 11 is 9.19. The van der Waals surface area contributed by atoms with Crippen molar-refractivity contribution in [2.75, 3.05) is 0 Å². The topological polar surface area (TPSA) is 73.9 Å². The molecule has 0 amide bonds. The van der Waals surface area contributed by atoms with E-state index >= 15 is 0 Å². The number of aromatic nitrogens is 4. The number of oxazole rings is 1. The highest BCUT2D eigenvalue weighted by Gasteiger charge is 2.17. The molecule has 0 radical (unpaired) electrons. The van der Waals surface area contributed by atoms with Crippen molar-refractivity contribution in [3.05, 3.63) is 46.4 Å². The van der Waals surface area contributed by atoms with Gasteiger partial charge >= 0.3 is 0 Å². The Hall–Kier alpha value is -1.99. The van der Waals surface area contributed by atoms with Gasteiger partial charge in [0.2, 0.25) is 17.0 Å². The van der Waals surface area contributed by atoms with Crippen molar-refractivity contribution in [3.8, 4) is 23.1 Å². The van der Waals surface area contributed by atoms with Gasteiger partial charge in [-0.3, -0.25) is 0 Å². The highest BCUT2D eigenvalue weighted by Crippen LogP contribution is 2.33. The minimum Gasteiger partial charge on any atom is -0.443 e. The average molecular weight is 368 g/mol. The second-order valence-corrected chi connectivity index (χ2v) is 5.29. The van der Waals surface area contributed by atoms with E-state index in [1.807, 2.05) is 6.92 Å². The Morgan fingerprint density at radius 2 is 2.14 bits per heavy atom. The van der Waals surface area contributed by atoms with E-state index in [0.29, 0.717) is 22.9 Å². The lowest BCUT2D eigenvalue weighted by atomic mass is 10.2. The van der Waals surface area contributed by atoms with Crippen LogP contribution in [0.4, 0.5) is 0 Å². The number of hydrogen-bond acceptors (Lipinski definition) is 6. The average Bonchev–Trinajstić information content (AvgIpc) is 2.85. The van der Waals surface area contributed by atoms with Gasteiger partial charge in [-0.1, -0.05) is 15.9 Å². The lowest BCUT2D eigenvalue weighted by Gasteiger charge is -2.08. The molecule has 3 rings (SSSR count). The van der Waals surface area contributed by atoms with Gasteiger partial charge in [-0.2, -0.15) is 4.98 Å². The lowest BCUT2D eigenvalue weighted by molar-refractivity contribution is 0.442. The molecule has 0 unspecified atom stereocenters. The number of pyridine rings is 1. The maximum absolute atomic E-state index is 5.84. The Morgan fingerprint density at radius 1 is 1.29 bits per heavy atom. The van der Waals surface area contributed by atoms with E-state index in [9.17, 15) is 0 Å². The molecule has 3 aromatic heterocycles. The Kier molecular flexibility index (Phi) is 3.85. The van der Waals surface area contributed by atoms with Crippen molar-refractivity contribution in [1.82, 2.24) is 19.9 Å². The number of nitrogens with zero attached hydrogens (tertiary/aromatic N) is 4. The van der Waals surface area contributed by atoms with Gasteiger partial charge in [0.1, 0.15) is 5.56 Å². The van der Waals surface area contributed by atoms with Crippen molar-refractivity contribution < 1.29 is 9.15 Å². The van der Waals surface area contributed by atoms with Crippen LogP contribution in [0.1, 0.15) is 5.69 Å². The zero-order valence-electron chi connectivity index (χ0n) is 10.7. The predicted molar refractivity (Wildman–Crippen MR) is 79.3 cm³/mol. The number of ether oxygens (including phenoxy) is 1. The highest BCUT2D eigenvalue weighted by molar-refractivity contribution is 9.10. The Morgan fingerprint density at radius 3 is 2.86 bits per heavy atom. The maximum atomic E-state index is 5.84. The van der Waals surface area contributed by atoms with Gasteiger partial charge in [-0.25, -0.2) is 15.0 Å². The summed E-state index contributed by atoms with van der Waals surface area (Å²) in [6.07, 6.45) is 4.48. The first-order chi connectivity index (χ1) is 10.1. The molecule has 0 aliphatic carbocycles. The van der Waals surface area contributed by atoms with Gasteiger partial charge in [0.25, 0.3) is 0 Å². The molecular formula is C13H8BrClN4O2. The smallest absolute Gasteiger partial charge is 0.236 e. The summed E-state index contributed by atoms with van der Waals surface area (Å²) in [6, 6.07) is 3.51. The largest absolute Gasteiger partial charge is 0.443 e. The minimum atomic E-state index is 0.0703. The quantitative estimate of drug-likeness (QED) is 0.650. The summed E-state index contributed by atoms with van der Waals surface area (Å²) in [5.74, 6) is 1.15. The molecule has 3 heterocycles. The summed E-state index contributed by atoms with van der Waals surface area (Å²) in [5, 5.41) is 0.0703. The fourth-order valence-corrected chi connectivity index (χ4v) is 2.12. The fourth-order valence-electron chi connectivity index (χ4n) is 1.68. The van der Waals surface area contributed by atoms with Crippen molar-refractivity contribution in [2.24, 2.45) is 0 Å². The van der Waals surface area contributed by atoms with E-state index in [0.717, 1.165) is 4.47 Å². The third-order valence-electron chi connectivity index (χ3n) is 2.61.